The molecule has 7 heteroatoms. The fourth-order valence-electron chi connectivity index (χ4n) is 3.98. The Bertz CT molecular complexity index is 874. The minimum Gasteiger partial charge on any atom is -0.332 e. The lowest BCUT2D eigenvalue weighted by Gasteiger charge is -2.53. The van der Waals surface area contributed by atoms with Gasteiger partial charge >= 0.3 is 0 Å². The summed E-state index contributed by atoms with van der Waals surface area (Å²) in [7, 11) is 1.71. The third kappa shape index (κ3) is 3.14. The molecule has 2 saturated heterocycles. The molecule has 2 aromatic carbocycles. The standard InChI is InChI=1S/C21H22N4O3/c1-22-14-19(27)25-18(24(22)15-26)13-23(12-16-8-4-2-5-9-16)21(28)20(25)17-10-6-3-7-11-17/h2-11,15,18,20H,12-14H2,1H3/t18?,20-/m0/s1. The molecule has 4 rings (SSSR count). The lowest BCUT2D eigenvalue weighted by atomic mass is 9.98. The second-order valence-corrected chi connectivity index (χ2v) is 7.10. The van der Waals surface area contributed by atoms with Crippen molar-refractivity contribution in [2.75, 3.05) is 20.1 Å². The maximum Gasteiger partial charge on any atom is 0.250 e. The zero-order valence-electron chi connectivity index (χ0n) is 15.6. The number of hydrogen-bond acceptors (Lipinski definition) is 4. The lowest BCUT2D eigenvalue weighted by molar-refractivity contribution is -0.197. The van der Waals surface area contributed by atoms with Crippen LogP contribution in [0.15, 0.2) is 60.7 Å². The number of nitrogens with zero attached hydrogens (tertiary/aromatic N) is 4. The summed E-state index contributed by atoms with van der Waals surface area (Å²) in [4.78, 5) is 41.3. The van der Waals surface area contributed by atoms with E-state index >= 15 is 0 Å². The average Bonchev–Trinajstić information content (AvgIpc) is 2.71. The predicted octanol–water partition coefficient (Wildman–Crippen LogP) is 1.24. The summed E-state index contributed by atoms with van der Waals surface area (Å²) in [5, 5.41) is 3.11. The van der Waals surface area contributed by atoms with Gasteiger partial charge in [0, 0.05) is 13.6 Å². The number of carbonyl (C=O) groups is 3. The first kappa shape index (κ1) is 18.2. The van der Waals surface area contributed by atoms with Crippen LogP contribution in [0.2, 0.25) is 0 Å². The molecule has 2 aliphatic heterocycles. The molecule has 2 heterocycles. The molecule has 2 atom stereocenters. The van der Waals surface area contributed by atoms with Gasteiger partial charge in [0.05, 0.1) is 13.1 Å². The van der Waals surface area contributed by atoms with Crippen molar-refractivity contribution in [1.29, 1.82) is 0 Å². The van der Waals surface area contributed by atoms with Crippen LogP contribution in [0.5, 0.6) is 0 Å². The van der Waals surface area contributed by atoms with Crippen LogP contribution >= 0.6 is 0 Å². The molecule has 0 bridgehead atoms. The van der Waals surface area contributed by atoms with Crippen molar-refractivity contribution in [3.05, 3.63) is 71.8 Å². The molecule has 28 heavy (non-hydrogen) atoms. The minimum atomic E-state index is -0.743. The molecule has 7 nitrogen and oxygen atoms in total. The van der Waals surface area contributed by atoms with Gasteiger partial charge in [-0.25, -0.2) is 5.01 Å². The van der Waals surface area contributed by atoms with Crippen molar-refractivity contribution in [3.8, 4) is 0 Å². The molecule has 0 aromatic heterocycles. The number of fused-ring (bicyclic) bond motifs is 1. The van der Waals surface area contributed by atoms with Gasteiger partial charge in [-0.05, 0) is 11.1 Å². The summed E-state index contributed by atoms with van der Waals surface area (Å²) in [5.41, 5.74) is 1.75. The van der Waals surface area contributed by atoms with Gasteiger partial charge < -0.3 is 9.80 Å². The van der Waals surface area contributed by atoms with Crippen LogP contribution in [-0.4, -0.2) is 64.3 Å². The van der Waals surface area contributed by atoms with Gasteiger partial charge in [-0.2, -0.15) is 0 Å². The van der Waals surface area contributed by atoms with E-state index in [1.165, 1.54) is 5.01 Å². The van der Waals surface area contributed by atoms with Crippen molar-refractivity contribution in [3.63, 3.8) is 0 Å². The van der Waals surface area contributed by atoms with E-state index in [1.807, 2.05) is 60.7 Å². The molecule has 2 aliphatic rings. The van der Waals surface area contributed by atoms with E-state index in [2.05, 4.69) is 0 Å². The molecule has 0 aliphatic carbocycles. The summed E-state index contributed by atoms with van der Waals surface area (Å²) < 4.78 is 0. The molecular weight excluding hydrogens is 356 g/mol. The van der Waals surface area contributed by atoms with Gasteiger partial charge in [0.15, 0.2) is 0 Å². The van der Waals surface area contributed by atoms with Crippen LogP contribution in [-0.2, 0) is 20.9 Å². The molecule has 0 N–H and O–H groups in total. The number of benzene rings is 2. The van der Waals surface area contributed by atoms with E-state index in [0.717, 1.165) is 17.5 Å². The molecule has 1 unspecified atom stereocenters. The summed E-state index contributed by atoms with van der Waals surface area (Å²) in [6.07, 6.45) is 0.193. The summed E-state index contributed by atoms with van der Waals surface area (Å²) in [6, 6.07) is 18.3. The fraction of sp³-hybridized carbons (Fsp3) is 0.286. The third-order valence-electron chi connectivity index (χ3n) is 5.32. The molecule has 0 radical (unpaired) electrons. The Morgan fingerprint density at radius 2 is 1.64 bits per heavy atom. The van der Waals surface area contributed by atoms with Gasteiger partial charge in [0.2, 0.25) is 12.3 Å². The normalized spacial score (nSPS) is 23.0. The number of carbonyl (C=O) groups excluding carboxylic acids is 3. The molecule has 0 spiro atoms. The zero-order valence-corrected chi connectivity index (χ0v) is 15.6. The molecule has 144 valence electrons. The van der Waals surface area contributed by atoms with E-state index in [4.69, 9.17) is 0 Å². The number of hydrazine groups is 1. The van der Waals surface area contributed by atoms with Crippen LogP contribution in [0.1, 0.15) is 17.2 Å². The minimum absolute atomic E-state index is 0.0601. The van der Waals surface area contributed by atoms with Crippen molar-refractivity contribution in [2.24, 2.45) is 0 Å². The summed E-state index contributed by atoms with van der Waals surface area (Å²) >= 11 is 0. The predicted molar refractivity (Wildman–Crippen MR) is 102 cm³/mol. The Labute approximate surface area is 163 Å². The van der Waals surface area contributed by atoms with Gasteiger partial charge in [-0.3, -0.25) is 19.4 Å². The van der Waals surface area contributed by atoms with E-state index in [0.29, 0.717) is 6.54 Å². The molecule has 3 amide bonds. The fourth-order valence-corrected chi connectivity index (χ4v) is 3.98. The van der Waals surface area contributed by atoms with Gasteiger partial charge in [-0.15, -0.1) is 0 Å². The molecule has 2 aromatic rings. The number of amides is 3. The van der Waals surface area contributed by atoms with Crippen LogP contribution in [0, 0.1) is 0 Å². The van der Waals surface area contributed by atoms with E-state index in [-0.39, 0.29) is 24.9 Å². The molecular formula is C21H22N4O3. The van der Waals surface area contributed by atoms with Crippen LogP contribution < -0.4 is 0 Å². The van der Waals surface area contributed by atoms with Crippen molar-refractivity contribution in [1.82, 2.24) is 19.8 Å². The number of piperazine rings is 1. The second-order valence-electron chi connectivity index (χ2n) is 7.10. The first-order chi connectivity index (χ1) is 13.6. The highest BCUT2D eigenvalue weighted by atomic mass is 16.2. The highest BCUT2D eigenvalue weighted by Gasteiger charge is 2.49. The maximum absolute atomic E-state index is 13.4. The van der Waals surface area contributed by atoms with Crippen molar-refractivity contribution in [2.45, 2.75) is 18.8 Å². The third-order valence-corrected chi connectivity index (χ3v) is 5.32. The SMILES string of the molecule is CN1CC(=O)N2C(CN(Cc3ccccc3)C(=O)[C@@H]2c2ccccc2)N1C=O. The quantitative estimate of drug-likeness (QED) is 0.751. The maximum atomic E-state index is 13.4. The Hall–Kier alpha value is -3.19. The van der Waals surface area contributed by atoms with Gasteiger partial charge in [0.1, 0.15) is 12.2 Å². The second kappa shape index (κ2) is 7.44. The molecule has 2 fully saturated rings. The van der Waals surface area contributed by atoms with E-state index in [1.54, 1.807) is 21.9 Å². The topological polar surface area (TPSA) is 64.2 Å². The number of rotatable bonds is 4. The number of likely N-dealkylation sites (N-methyl/N-ethyl adjacent to an activating group) is 1. The lowest BCUT2D eigenvalue weighted by Crippen LogP contribution is -2.71. The summed E-state index contributed by atoms with van der Waals surface area (Å²) in [6.45, 7) is 0.758. The van der Waals surface area contributed by atoms with Crippen LogP contribution in [0.4, 0.5) is 0 Å². The Balaban J connectivity index is 1.74. The van der Waals surface area contributed by atoms with E-state index < -0.39 is 12.2 Å². The first-order valence-corrected chi connectivity index (χ1v) is 9.23. The Morgan fingerprint density at radius 3 is 2.29 bits per heavy atom. The highest BCUT2D eigenvalue weighted by Crippen LogP contribution is 2.34. The smallest absolute Gasteiger partial charge is 0.250 e. The molecule has 0 saturated carbocycles. The highest BCUT2D eigenvalue weighted by molar-refractivity contribution is 5.91. The Kier molecular flexibility index (Phi) is 4.83. The number of hydrogen-bond donors (Lipinski definition) is 0. The van der Waals surface area contributed by atoms with Crippen LogP contribution in [0.3, 0.4) is 0 Å². The summed E-state index contributed by atoms with van der Waals surface area (Å²) in [5.74, 6) is -0.290. The van der Waals surface area contributed by atoms with Gasteiger partial charge in [0.25, 0.3) is 5.91 Å². The first-order valence-electron chi connectivity index (χ1n) is 9.23. The van der Waals surface area contributed by atoms with Crippen LogP contribution in [0.25, 0.3) is 0 Å². The largest absolute Gasteiger partial charge is 0.332 e. The monoisotopic (exact) mass is 378 g/mol. The average molecular weight is 378 g/mol. The van der Waals surface area contributed by atoms with Crippen molar-refractivity contribution >= 4 is 18.2 Å². The Morgan fingerprint density at radius 1 is 1.00 bits per heavy atom. The zero-order chi connectivity index (χ0) is 19.7. The van der Waals surface area contributed by atoms with Crippen molar-refractivity contribution < 1.29 is 14.4 Å². The van der Waals surface area contributed by atoms with Gasteiger partial charge in [-0.1, -0.05) is 60.7 Å². The van der Waals surface area contributed by atoms with E-state index in [9.17, 15) is 14.4 Å².